The van der Waals surface area contributed by atoms with Crippen molar-refractivity contribution in [1.29, 1.82) is 0 Å². The van der Waals surface area contributed by atoms with Gasteiger partial charge in [-0.15, -0.1) is 0 Å². The maximum absolute atomic E-state index is 12.9. The molecule has 28 heavy (non-hydrogen) atoms. The summed E-state index contributed by atoms with van der Waals surface area (Å²) in [6.07, 6.45) is 3.26. The second-order valence-corrected chi connectivity index (χ2v) is 6.21. The minimum Gasteiger partial charge on any atom is -0.355 e. The number of amides is 1. The molecule has 3 aromatic heterocycles. The lowest BCUT2D eigenvalue weighted by Crippen LogP contribution is -2.23. The number of anilines is 1. The van der Waals surface area contributed by atoms with E-state index in [4.69, 9.17) is 4.52 Å². The van der Waals surface area contributed by atoms with Gasteiger partial charge in [-0.3, -0.25) is 19.3 Å². The molecule has 0 radical (unpaired) electrons. The maximum atomic E-state index is 12.9. The molecule has 8 nitrogen and oxygen atoms in total. The summed E-state index contributed by atoms with van der Waals surface area (Å²) in [6.45, 7) is 1.76. The van der Waals surface area contributed by atoms with E-state index in [1.807, 2.05) is 30.3 Å². The number of rotatable bonds is 4. The summed E-state index contributed by atoms with van der Waals surface area (Å²) < 4.78 is 8.42. The summed E-state index contributed by atoms with van der Waals surface area (Å²) in [5, 5.41) is 6.46. The number of carbonyl (C=O) groups excluding carboxylic acids is 1. The molecule has 3 heterocycles. The predicted octanol–water partition coefficient (Wildman–Crippen LogP) is 2.79. The van der Waals surface area contributed by atoms with Crippen LogP contribution in [0.3, 0.4) is 0 Å². The van der Waals surface area contributed by atoms with Gasteiger partial charge in [0, 0.05) is 31.1 Å². The Morgan fingerprint density at radius 1 is 1.14 bits per heavy atom. The minimum absolute atomic E-state index is 0.0766. The molecule has 0 aliphatic rings. The maximum Gasteiger partial charge on any atom is 0.295 e. The van der Waals surface area contributed by atoms with Gasteiger partial charge in [0.1, 0.15) is 5.69 Å². The van der Waals surface area contributed by atoms with Crippen LogP contribution in [0.15, 0.2) is 70.2 Å². The van der Waals surface area contributed by atoms with Crippen molar-refractivity contribution < 1.29 is 9.32 Å². The number of nitrogens with zero attached hydrogens (tertiary/aromatic N) is 4. The largest absolute Gasteiger partial charge is 0.355 e. The molecular formula is C20H17N5O3. The lowest BCUT2D eigenvalue weighted by atomic mass is 10.2. The van der Waals surface area contributed by atoms with Gasteiger partial charge in [0.15, 0.2) is 11.5 Å². The predicted molar refractivity (Wildman–Crippen MR) is 103 cm³/mol. The van der Waals surface area contributed by atoms with E-state index in [0.717, 1.165) is 0 Å². The molecule has 0 saturated carbocycles. The van der Waals surface area contributed by atoms with Crippen LogP contribution >= 0.6 is 0 Å². The number of para-hydroxylation sites is 1. The van der Waals surface area contributed by atoms with Crippen molar-refractivity contribution in [3.63, 3.8) is 0 Å². The molecule has 4 rings (SSSR count). The Morgan fingerprint density at radius 3 is 2.64 bits per heavy atom. The van der Waals surface area contributed by atoms with Gasteiger partial charge in [0.25, 0.3) is 11.5 Å². The van der Waals surface area contributed by atoms with Crippen molar-refractivity contribution in [3.8, 4) is 17.0 Å². The normalized spacial score (nSPS) is 10.8. The highest BCUT2D eigenvalue weighted by molar-refractivity contribution is 6.03. The van der Waals surface area contributed by atoms with Crippen LogP contribution in [0.25, 0.3) is 17.0 Å². The van der Waals surface area contributed by atoms with E-state index in [2.05, 4.69) is 15.5 Å². The van der Waals surface area contributed by atoms with Crippen molar-refractivity contribution in [3.05, 3.63) is 82.7 Å². The van der Waals surface area contributed by atoms with Crippen LogP contribution in [0.5, 0.6) is 0 Å². The molecule has 0 unspecified atom stereocenters. The number of aromatic nitrogens is 4. The molecule has 8 heteroatoms. The van der Waals surface area contributed by atoms with Gasteiger partial charge in [0.2, 0.25) is 0 Å². The highest BCUT2D eigenvalue weighted by atomic mass is 16.5. The van der Waals surface area contributed by atoms with Crippen LogP contribution in [-0.4, -0.2) is 25.4 Å². The van der Waals surface area contributed by atoms with Crippen LogP contribution in [0.4, 0.5) is 5.69 Å². The Kier molecular flexibility index (Phi) is 4.36. The van der Waals surface area contributed by atoms with Crippen LogP contribution in [0.1, 0.15) is 16.2 Å². The number of carbonyl (C=O) groups is 1. The summed E-state index contributed by atoms with van der Waals surface area (Å²) in [7, 11) is 1.76. The molecule has 0 aliphatic heterocycles. The van der Waals surface area contributed by atoms with E-state index in [9.17, 15) is 9.59 Å². The second kappa shape index (κ2) is 6.99. The first kappa shape index (κ1) is 17.5. The Hall–Kier alpha value is -3.94. The first-order valence-electron chi connectivity index (χ1n) is 8.59. The molecule has 140 valence electrons. The van der Waals surface area contributed by atoms with E-state index in [-0.39, 0.29) is 16.9 Å². The average Bonchev–Trinajstić information content (AvgIpc) is 3.30. The first-order chi connectivity index (χ1) is 13.6. The van der Waals surface area contributed by atoms with Crippen molar-refractivity contribution in [2.24, 2.45) is 7.05 Å². The summed E-state index contributed by atoms with van der Waals surface area (Å²) in [4.78, 5) is 29.5. The summed E-state index contributed by atoms with van der Waals surface area (Å²) in [5.74, 6) is -0.102. The van der Waals surface area contributed by atoms with Crippen LogP contribution in [0, 0.1) is 6.92 Å². The van der Waals surface area contributed by atoms with Gasteiger partial charge in [0.05, 0.1) is 11.4 Å². The Morgan fingerprint density at radius 2 is 1.93 bits per heavy atom. The zero-order valence-electron chi connectivity index (χ0n) is 15.3. The topological polar surface area (TPSA) is 95.0 Å². The quantitative estimate of drug-likeness (QED) is 0.592. The van der Waals surface area contributed by atoms with E-state index < -0.39 is 5.91 Å². The van der Waals surface area contributed by atoms with Gasteiger partial charge in [-0.2, -0.15) is 0 Å². The van der Waals surface area contributed by atoms with Crippen molar-refractivity contribution >= 4 is 11.6 Å². The van der Waals surface area contributed by atoms with Gasteiger partial charge in [-0.25, -0.2) is 4.68 Å². The van der Waals surface area contributed by atoms with E-state index >= 15 is 0 Å². The smallest absolute Gasteiger partial charge is 0.295 e. The Balaban J connectivity index is 1.64. The van der Waals surface area contributed by atoms with Crippen molar-refractivity contribution in [2.45, 2.75) is 6.92 Å². The van der Waals surface area contributed by atoms with E-state index in [0.29, 0.717) is 22.7 Å². The third-order valence-corrected chi connectivity index (χ3v) is 4.48. The molecule has 0 saturated heterocycles. The van der Waals surface area contributed by atoms with E-state index in [1.54, 1.807) is 43.2 Å². The molecule has 1 N–H and O–H groups in total. The van der Waals surface area contributed by atoms with Gasteiger partial charge in [-0.1, -0.05) is 23.4 Å². The molecule has 0 fully saturated rings. The lowest BCUT2D eigenvalue weighted by Gasteiger charge is -2.07. The summed E-state index contributed by atoms with van der Waals surface area (Å²) in [5.41, 5.74) is 1.99. The highest BCUT2D eigenvalue weighted by Gasteiger charge is 2.21. The SMILES string of the molecule is Cc1c(NC(=O)c2cc(-c3cccnc3)on2)c(=O)n(-c2ccccc2)n1C. The molecule has 4 aromatic rings. The Bertz CT molecular complexity index is 1190. The number of nitrogens with one attached hydrogen (secondary N) is 1. The zero-order valence-corrected chi connectivity index (χ0v) is 15.3. The number of benzene rings is 1. The standard InChI is InChI=1S/C20H17N5O3/c1-13-18(20(27)25(24(13)2)15-8-4-3-5-9-15)22-19(26)16-11-17(28-23-16)14-7-6-10-21-12-14/h3-12H,1-2H3,(H,22,26). The monoisotopic (exact) mass is 375 g/mol. The Labute approximate surface area is 160 Å². The summed E-state index contributed by atoms with van der Waals surface area (Å²) >= 11 is 0. The van der Waals surface area contributed by atoms with Crippen molar-refractivity contribution in [1.82, 2.24) is 19.5 Å². The fraction of sp³-hybridized carbons (Fsp3) is 0.100. The molecule has 0 atom stereocenters. The third-order valence-electron chi connectivity index (χ3n) is 4.48. The fourth-order valence-electron chi connectivity index (χ4n) is 2.92. The average molecular weight is 375 g/mol. The fourth-order valence-corrected chi connectivity index (χ4v) is 2.92. The number of pyridine rings is 1. The van der Waals surface area contributed by atoms with Gasteiger partial charge in [-0.05, 0) is 31.2 Å². The van der Waals surface area contributed by atoms with Gasteiger partial charge >= 0.3 is 0 Å². The van der Waals surface area contributed by atoms with Crippen LogP contribution < -0.4 is 10.9 Å². The number of hydrogen-bond donors (Lipinski definition) is 1. The van der Waals surface area contributed by atoms with Crippen LogP contribution in [-0.2, 0) is 7.05 Å². The van der Waals surface area contributed by atoms with E-state index in [1.165, 1.54) is 10.7 Å². The minimum atomic E-state index is -0.523. The van der Waals surface area contributed by atoms with Gasteiger partial charge < -0.3 is 9.84 Å². The molecule has 1 aromatic carbocycles. The molecule has 1 amide bonds. The highest BCUT2D eigenvalue weighted by Crippen LogP contribution is 2.20. The number of hydrogen-bond acceptors (Lipinski definition) is 5. The first-order valence-corrected chi connectivity index (χ1v) is 8.59. The third kappa shape index (κ3) is 3.01. The zero-order chi connectivity index (χ0) is 19.7. The lowest BCUT2D eigenvalue weighted by molar-refractivity contribution is 0.101. The molecule has 0 spiro atoms. The van der Waals surface area contributed by atoms with Crippen molar-refractivity contribution in [2.75, 3.05) is 5.32 Å². The van der Waals surface area contributed by atoms with Crippen LogP contribution in [0.2, 0.25) is 0 Å². The molecule has 0 aliphatic carbocycles. The molecular weight excluding hydrogens is 358 g/mol. The molecule has 0 bridgehead atoms. The second-order valence-electron chi connectivity index (χ2n) is 6.21. The summed E-state index contributed by atoms with van der Waals surface area (Å²) in [6, 6.07) is 14.3.